The van der Waals surface area contributed by atoms with Gasteiger partial charge in [0.25, 0.3) is 0 Å². The number of nitrogens with zero attached hydrogens (tertiary/aromatic N) is 2. The predicted octanol–water partition coefficient (Wildman–Crippen LogP) is 1.83. The number of hydrazine groups is 1. The third kappa shape index (κ3) is 6.05. The highest BCUT2D eigenvalue weighted by molar-refractivity contribution is 4.38. The fraction of sp³-hybridized carbons (Fsp3) is 1.00. The zero-order valence-electron chi connectivity index (χ0n) is 8.31. The second-order valence-corrected chi connectivity index (χ2v) is 1.95. The highest BCUT2D eigenvalue weighted by Gasteiger charge is 1.96. The Hall–Kier alpha value is -0.0800. The Bertz CT molecular complexity index is 47.2. The molecule has 0 aliphatic rings. The number of rotatable bonds is 3. The topological polar surface area (TPSA) is 6.48 Å². The van der Waals surface area contributed by atoms with Crippen LogP contribution in [0.1, 0.15) is 27.7 Å². The van der Waals surface area contributed by atoms with Gasteiger partial charge in [-0.15, -0.1) is 0 Å². The molecule has 0 radical (unpaired) electrons. The van der Waals surface area contributed by atoms with E-state index in [1.54, 1.807) is 0 Å². The van der Waals surface area contributed by atoms with Crippen LogP contribution in [0.3, 0.4) is 0 Å². The standard InChI is InChI=1S/C6H16N2.C2H6/c1-5-7(3)8(4)6-2;1-2/h5-6H2,1-4H3;1-2H3. The molecular weight excluding hydrogens is 124 g/mol. The fourth-order valence-electron chi connectivity index (χ4n) is 0.483. The molecule has 0 N–H and O–H groups in total. The number of hydrogen-bond acceptors (Lipinski definition) is 2. The summed E-state index contributed by atoms with van der Waals surface area (Å²) in [4.78, 5) is 0. The molecule has 2 heteroatoms. The van der Waals surface area contributed by atoms with E-state index in [0.29, 0.717) is 0 Å². The molecule has 0 fully saturated rings. The Balaban J connectivity index is 0. The summed E-state index contributed by atoms with van der Waals surface area (Å²) in [5.74, 6) is 0. The molecule has 0 bridgehead atoms. The van der Waals surface area contributed by atoms with Crippen LogP contribution in [0, 0.1) is 0 Å². The van der Waals surface area contributed by atoms with Gasteiger partial charge in [-0.1, -0.05) is 27.7 Å². The largest absolute Gasteiger partial charge is 0.245 e. The van der Waals surface area contributed by atoms with Crippen molar-refractivity contribution in [2.24, 2.45) is 0 Å². The summed E-state index contributed by atoms with van der Waals surface area (Å²) in [5, 5.41) is 4.36. The monoisotopic (exact) mass is 146 g/mol. The zero-order chi connectivity index (χ0) is 8.57. The van der Waals surface area contributed by atoms with Gasteiger partial charge >= 0.3 is 0 Å². The fourth-order valence-corrected chi connectivity index (χ4v) is 0.483. The summed E-state index contributed by atoms with van der Waals surface area (Å²) in [6.45, 7) is 10.5. The molecule has 0 saturated heterocycles. The maximum absolute atomic E-state index is 2.18. The Labute approximate surface area is 65.8 Å². The summed E-state index contributed by atoms with van der Waals surface area (Å²) in [6, 6.07) is 0. The smallest absolute Gasteiger partial charge is 0.0101 e. The molecule has 0 aromatic heterocycles. The van der Waals surface area contributed by atoms with Gasteiger partial charge in [-0.2, -0.15) is 0 Å². The average molecular weight is 146 g/mol. The van der Waals surface area contributed by atoms with E-state index in [1.807, 2.05) is 13.8 Å². The van der Waals surface area contributed by atoms with Gasteiger partial charge < -0.3 is 0 Å². The predicted molar refractivity (Wildman–Crippen MR) is 48.0 cm³/mol. The molecule has 0 aliphatic carbocycles. The summed E-state index contributed by atoms with van der Waals surface area (Å²) in [6.07, 6.45) is 0. The van der Waals surface area contributed by atoms with Crippen LogP contribution in [0.25, 0.3) is 0 Å². The highest BCUT2D eigenvalue weighted by Crippen LogP contribution is 1.85. The molecule has 10 heavy (non-hydrogen) atoms. The normalized spacial score (nSPS) is 9.60. The first-order valence-electron chi connectivity index (χ1n) is 4.14. The summed E-state index contributed by atoms with van der Waals surface area (Å²) >= 11 is 0. The van der Waals surface area contributed by atoms with Gasteiger partial charge in [0.05, 0.1) is 0 Å². The molecule has 2 nitrogen and oxygen atoms in total. The van der Waals surface area contributed by atoms with Crippen LogP contribution in [0.4, 0.5) is 0 Å². The van der Waals surface area contributed by atoms with Crippen molar-refractivity contribution < 1.29 is 0 Å². The summed E-state index contributed by atoms with van der Waals surface area (Å²) in [7, 11) is 4.17. The molecule has 0 saturated carbocycles. The molecule has 64 valence electrons. The second-order valence-electron chi connectivity index (χ2n) is 1.95. The average Bonchev–Trinajstić information content (AvgIpc) is 2.05. The highest BCUT2D eigenvalue weighted by atomic mass is 15.6. The SMILES string of the molecule is CC.CCN(C)N(C)CC. The molecule has 0 spiro atoms. The Kier molecular flexibility index (Phi) is 11.2. The lowest BCUT2D eigenvalue weighted by molar-refractivity contribution is 0.0388. The van der Waals surface area contributed by atoms with E-state index in [0.717, 1.165) is 13.1 Å². The van der Waals surface area contributed by atoms with Gasteiger partial charge in [-0.05, 0) is 0 Å². The van der Waals surface area contributed by atoms with Gasteiger partial charge in [0.1, 0.15) is 0 Å². The van der Waals surface area contributed by atoms with Gasteiger partial charge in [-0.25, -0.2) is 10.0 Å². The van der Waals surface area contributed by atoms with Crippen LogP contribution in [0.2, 0.25) is 0 Å². The molecule has 0 heterocycles. The minimum Gasteiger partial charge on any atom is -0.245 e. The first-order valence-corrected chi connectivity index (χ1v) is 4.14. The first-order chi connectivity index (χ1) is 4.72. The van der Waals surface area contributed by atoms with Crippen LogP contribution < -0.4 is 0 Å². The molecule has 0 rings (SSSR count). The van der Waals surface area contributed by atoms with Gasteiger partial charge in [-0.3, -0.25) is 0 Å². The van der Waals surface area contributed by atoms with Crippen molar-refractivity contribution in [2.75, 3.05) is 27.2 Å². The van der Waals surface area contributed by atoms with Crippen LogP contribution in [0.15, 0.2) is 0 Å². The van der Waals surface area contributed by atoms with Crippen LogP contribution in [-0.2, 0) is 0 Å². The number of hydrogen-bond donors (Lipinski definition) is 0. The molecular formula is C8H22N2. The molecule has 0 unspecified atom stereocenters. The lowest BCUT2D eigenvalue weighted by atomic mass is 10.7. The molecule has 0 aromatic carbocycles. The Morgan fingerprint density at radius 3 is 1.10 bits per heavy atom. The summed E-state index contributed by atoms with van der Waals surface area (Å²) < 4.78 is 0. The van der Waals surface area contributed by atoms with E-state index in [2.05, 4.69) is 38.0 Å². The zero-order valence-corrected chi connectivity index (χ0v) is 8.31. The quantitative estimate of drug-likeness (QED) is 0.560. The van der Waals surface area contributed by atoms with Crippen LogP contribution >= 0.6 is 0 Å². The van der Waals surface area contributed by atoms with E-state index in [9.17, 15) is 0 Å². The van der Waals surface area contributed by atoms with E-state index < -0.39 is 0 Å². The minimum atomic E-state index is 1.09. The molecule has 0 amide bonds. The molecule has 0 aromatic rings. The third-order valence-electron chi connectivity index (χ3n) is 1.50. The van der Waals surface area contributed by atoms with Crippen molar-refractivity contribution in [1.29, 1.82) is 0 Å². The van der Waals surface area contributed by atoms with Crippen LogP contribution in [-0.4, -0.2) is 37.2 Å². The van der Waals surface area contributed by atoms with Crippen molar-refractivity contribution in [1.82, 2.24) is 10.0 Å². The van der Waals surface area contributed by atoms with Crippen molar-refractivity contribution >= 4 is 0 Å². The maximum atomic E-state index is 2.18. The van der Waals surface area contributed by atoms with Crippen molar-refractivity contribution in [3.8, 4) is 0 Å². The summed E-state index contributed by atoms with van der Waals surface area (Å²) in [5.41, 5.74) is 0. The maximum Gasteiger partial charge on any atom is 0.0101 e. The van der Waals surface area contributed by atoms with Gasteiger partial charge in [0, 0.05) is 27.2 Å². The van der Waals surface area contributed by atoms with E-state index in [-0.39, 0.29) is 0 Å². The lowest BCUT2D eigenvalue weighted by Gasteiger charge is -2.24. The van der Waals surface area contributed by atoms with Crippen molar-refractivity contribution in [2.45, 2.75) is 27.7 Å². The first kappa shape index (κ1) is 12.6. The van der Waals surface area contributed by atoms with E-state index in [1.165, 1.54) is 0 Å². The minimum absolute atomic E-state index is 1.09. The van der Waals surface area contributed by atoms with Gasteiger partial charge in [0.15, 0.2) is 0 Å². The van der Waals surface area contributed by atoms with E-state index in [4.69, 9.17) is 0 Å². The lowest BCUT2D eigenvalue weighted by Crippen LogP contribution is -2.35. The van der Waals surface area contributed by atoms with Crippen molar-refractivity contribution in [3.63, 3.8) is 0 Å². The second kappa shape index (κ2) is 8.92. The van der Waals surface area contributed by atoms with Gasteiger partial charge in [0.2, 0.25) is 0 Å². The Morgan fingerprint density at radius 2 is 1.00 bits per heavy atom. The Morgan fingerprint density at radius 1 is 0.800 bits per heavy atom. The van der Waals surface area contributed by atoms with E-state index >= 15 is 0 Å². The molecule has 0 aliphatic heterocycles. The third-order valence-corrected chi connectivity index (χ3v) is 1.50. The molecule has 0 atom stereocenters. The van der Waals surface area contributed by atoms with Crippen molar-refractivity contribution in [3.05, 3.63) is 0 Å². The van der Waals surface area contributed by atoms with Crippen LogP contribution in [0.5, 0.6) is 0 Å².